The van der Waals surface area contributed by atoms with Gasteiger partial charge in [-0.25, -0.2) is 5.01 Å². The summed E-state index contributed by atoms with van der Waals surface area (Å²) in [6, 6.07) is 2.10. The van der Waals surface area contributed by atoms with Crippen molar-refractivity contribution < 1.29 is 4.74 Å². The normalized spacial score (nSPS) is 19.9. The lowest BCUT2D eigenvalue weighted by atomic mass is 10.4. The molecule has 0 atom stereocenters. The van der Waals surface area contributed by atoms with Gasteiger partial charge < -0.3 is 4.74 Å². The van der Waals surface area contributed by atoms with Crippen LogP contribution >= 0.6 is 0 Å². The highest BCUT2D eigenvalue weighted by atomic mass is 16.5. The minimum Gasteiger partial charge on any atom is -0.380 e. The number of hydrogen-bond donors (Lipinski definition) is 1. The average molecular weight is 169 g/mol. The molecule has 0 saturated carbocycles. The van der Waals surface area contributed by atoms with Crippen LogP contribution in [0.25, 0.3) is 0 Å². The Labute approximate surface area is 73.1 Å². The zero-order valence-electron chi connectivity index (χ0n) is 7.25. The van der Waals surface area contributed by atoms with Crippen LogP contribution in [0.3, 0.4) is 0 Å². The molecule has 1 saturated heterocycles. The molecule has 68 valence electrons. The van der Waals surface area contributed by atoms with E-state index in [0.29, 0.717) is 6.42 Å². The maximum atomic E-state index is 8.32. The molecule has 0 amide bonds. The van der Waals surface area contributed by atoms with Crippen molar-refractivity contribution in [2.24, 2.45) is 0 Å². The molecule has 0 aliphatic carbocycles. The van der Waals surface area contributed by atoms with E-state index in [2.05, 4.69) is 16.5 Å². The van der Waals surface area contributed by atoms with Crippen molar-refractivity contribution in [1.82, 2.24) is 10.4 Å². The van der Waals surface area contributed by atoms with Crippen LogP contribution in [0.2, 0.25) is 0 Å². The predicted molar refractivity (Wildman–Crippen MR) is 45.2 cm³/mol. The highest BCUT2D eigenvalue weighted by molar-refractivity contribution is 4.70. The highest BCUT2D eigenvalue weighted by Gasteiger charge is 2.06. The van der Waals surface area contributed by atoms with E-state index in [9.17, 15) is 0 Å². The van der Waals surface area contributed by atoms with E-state index >= 15 is 0 Å². The SMILES string of the molecule is N#CCCNN1CCCOCC1. The Balaban J connectivity index is 2.08. The van der Waals surface area contributed by atoms with Crippen LogP contribution in [0.15, 0.2) is 0 Å². The van der Waals surface area contributed by atoms with Gasteiger partial charge in [0.05, 0.1) is 12.7 Å². The predicted octanol–water partition coefficient (Wildman–Crippen LogP) is 0.127. The smallest absolute Gasteiger partial charge is 0.0635 e. The zero-order chi connectivity index (χ0) is 8.65. The number of nitrogens with one attached hydrogen (secondary N) is 1. The monoisotopic (exact) mass is 169 g/mol. The summed E-state index contributed by atoms with van der Waals surface area (Å²) >= 11 is 0. The molecule has 1 heterocycles. The maximum Gasteiger partial charge on any atom is 0.0635 e. The maximum absolute atomic E-state index is 8.32. The third-order valence-electron chi connectivity index (χ3n) is 1.79. The summed E-state index contributed by atoms with van der Waals surface area (Å²) in [6.07, 6.45) is 1.64. The van der Waals surface area contributed by atoms with E-state index in [1.165, 1.54) is 0 Å². The van der Waals surface area contributed by atoms with Gasteiger partial charge in [-0.05, 0) is 6.42 Å². The van der Waals surface area contributed by atoms with E-state index in [-0.39, 0.29) is 0 Å². The average Bonchev–Trinajstić information content (AvgIpc) is 2.33. The summed E-state index contributed by atoms with van der Waals surface area (Å²) < 4.78 is 5.28. The fraction of sp³-hybridized carbons (Fsp3) is 0.875. The largest absolute Gasteiger partial charge is 0.380 e. The quantitative estimate of drug-likeness (QED) is 0.610. The lowest BCUT2D eigenvalue weighted by Crippen LogP contribution is -2.40. The van der Waals surface area contributed by atoms with Gasteiger partial charge in [0.15, 0.2) is 0 Å². The van der Waals surface area contributed by atoms with Gasteiger partial charge in [-0.1, -0.05) is 0 Å². The molecule has 1 aliphatic rings. The minimum atomic E-state index is 0.567. The third-order valence-corrected chi connectivity index (χ3v) is 1.79. The summed E-state index contributed by atoms with van der Waals surface area (Å²) in [7, 11) is 0. The molecule has 4 heteroatoms. The first-order valence-corrected chi connectivity index (χ1v) is 4.36. The second-order valence-electron chi connectivity index (χ2n) is 2.77. The molecule has 0 radical (unpaired) electrons. The molecule has 1 aliphatic heterocycles. The standard InChI is InChI=1S/C8H15N3O/c9-3-1-4-10-11-5-2-7-12-8-6-11/h10H,1-2,4-8H2. The molecule has 0 unspecified atom stereocenters. The third kappa shape index (κ3) is 3.67. The second-order valence-corrected chi connectivity index (χ2v) is 2.77. The van der Waals surface area contributed by atoms with Crippen LogP contribution in [-0.2, 0) is 4.74 Å². The Bertz CT molecular complexity index is 147. The number of hydrazine groups is 1. The van der Waals surface area contributed by atoms with Gasteiger partial charge in [0.25, 0.3) is 0 Å². The lowest BCUT2D eigenvalue weighted by molar-refractivity contribution is 0.129. The molecule has 1 rings (SSSR count). The van der Waals surface area contributed by atoms with Crippen molar-refractivity contribution >= 4 is 0 Å². The minimum absolute atomic E-state index is 0.567. The Morgan fingerprint density at radius 3 is 3.17 bits per heavy atom. The summed E-state index contributed by atoms with van der Waals surface area (Å²) in [5.41, 5.74) is 3.19. The molecule has 4 nitrogen and oxygen atoms in total. The van der Waals surface area contributed by atoms with Crippen LogP contribution < -0.4 is 5.43 Å². The highest BCUT2D eigenvalue weighted by Crippen LogP contribution is 1.94. The Hall–Kier alpha value is -0.630. The van der Waals surface area contributed by atoms with Crippen molar-refractivity contribution in [2.45, 2.75) is 12.8 Å². The van der Waals surface area contributed by atoms with Gasteiger partial charge in [0.2, 0.25) is 0 Å². The van der Waals surface area contributed by atoms with Gasteiger partial charge in [-0.15, -0.1) is 0 Å². The fourth-order valence-corrected chi connectivity index (χ4v) is 1.17. The number of nitriles is 1. The van der Waals surface area contributed by atoms with Crippen LogP contribution in [-0.4, -0.2) is 37.9 Å². The van der Waals surface area contributed by atoms with Gasteiger partial charge in [-0.2, -0.15) is 5.26 Å². The van der Waals surface area contributed by atoms with Crippen LogP contribution in [0.1, 0.15) is 12.8 Å². The first-order valence-electron chi connectivity index (χ1n) is 4.36. The van der Waals surface area contributed by atoms with E-state index < -0.39 is 0 Å². The lowest BCUT2D eigenvalue weighted by Gasteiger charge is -2.19. The molecule has 12 heavy (non-hydrogen) atoms. The first-order chi connectivity index (χ1) is 5.93. The van der Waals surface area contributed by atoms with Gasteiger partial charge >= 0.3 is 0 Å². The summed E-state index contributed by atoms with van der Waals surface area (Å²) in [5, 5.41) is 10.4. The molecule has 1 N–H and O–H groups in total. The number of rotatable bonds is 3. The van der Waals surface area contributed by atoms with E-state index in [0.717, 1.165) is 39.3 Å². The molecule has 0 aromatic carbocycles. The number of nitrogens with zero attached hydrogens (tertiary/aromatic N) is 2. The van der Waals surface area contributed by atoms with Crippen LogP contribution in [0, 0.1) is 11.3 Å². The molecule has 0 aromatic heterocycles. The van der Waals surface area contributed by atoms with Crippen molar-refractivity contribution in [1.29, 1.82) is 5.26 Å². The van der Waals surface area contributed by atoms with Crippen molar-refractivity contribution in [2.75, 3.05) is 32.8 Å². The van der Waals surface area contributed by atoms with E-state index in [1.54, 1.807) is 0 Å². The molecule has 0 spiro atoms. The fourth-order valence-electron chi connectivity index (χ4n) is 1.17. The van der Waals surface area contributed by atoms with Crippen LogP contribution in [0.4, 0.5) is 0 Å². The number of hydrogen-bond acceptors (Lipinski definition) is 4. The van der Waals surface area contributed by atoms with Crippen LogP contribution in [0.5, 0.6) is 0 Å². The Morgan fingerprint density at radius 2 is 2.33 bits per heavy atom. The molecule has 0 bridgehead atoms. The molecular formula is C8H15N3O. The molecule has 1 fully saturated rings. The topological polar surface area (TPSA) is 48.3 Å². The summed E-state index contributed by atoms with van der Waals surface area (Å²) in [5.74, 6) is 0. The van der Waals surface area contributed by atoms with Gasteiger partial charge in [-0.3, -0.25) is 5.43 Å². The summed E-state index contributed by atoms with van der Waals surface area (Å²) in [6.45, 7) is 4.34. The Morgan fingerprint density at radius 1 is 1.42 bits per heavy atom. The van der Waals surface area contributed by atoms with E-state index in [1.807, 2.05) is 0 Å². The number of ether oxygens (including phenoxy) is 1. The van der Waals surface area contributed by atoms with Crippen molar-refractivity contribution in [3.8, 4) is 6.07 Å². The first kappa shape index (κ1) is 9.46. The molecular weight excluding hydrogens is 154 g/mol. The summed E-state index contributed by atoms with van der Waals surface area (Å²) in [4.78, 5) is 0. The van der Waals surface area contributed by atoms with Gasteiger partial charge in [0, 0.05) is 32.7 Å². The van der Waals surface area contributed by atoms with Gasteiger partial charge in [0.1, 0.15) is 0 Å². The Kier molecular flexibility index (Phi) is 4.69. The molecule has 0 aromatic rings. The van der Waals surface area contributed by atoms with Crippen molar-refractivity contribution in [3.05, 3.63) is 0 Å². The van der Waals surface area contributed by atoms with E-state index in [4.69, 9.17) is 10.00 Å². The zero-order valence-corrected chi connectivity index (χ0v) is 7.25. The van der Waals surface area contributed by atoms with Crippen molar-refractivity contribution in [3.63, 3.8) is 0 Å². The second kappa shape index (κ2) is 5.95.